The average Bonchev–Trinajstić information content (AvgIpc) is 3.26. The van der Waals surface area contributed by atoms with Gasteiger partial charge in [0.05, 0.1) is 18.3 Å². The zero-order valence-corrected chi connectivity index (χ0v) is 19.9. The highest BCUT2D eigenvalue weighted by Gasteiger charge is 2.28. The lowest BCUT2D eigenvalue weighted by molar-refractivity contribution is 0.0708. The van der Waals surface area contributed by atoms with E-state index in [-0.39, 0.29) is 11.9 Å². The Kier molecular flexibility index (Phi) is 4.96. The van der Waals surface area contributed by atoms with Crippen molar-refractivity contribution >= 4 is 38.5 Å². The van der Waals surface area contributed by atoms with Crippen molar-refractivity contribution in [3.8, 4) is 17.3 Å². The number of nitrogens with zero attached hydrogens (tertiary/aromatic N) is 4. The highest BCUT2D eigenvalue weighted by atomic mass is 32.1. The molecule has 0 radical (unpaired) electrons. The Morgan fingerprint density at radius 1 is 1.27 bits per heavy atom. The lowest BCUT2D eigenvalue weighted by atomic mass is 10.0. The zero-order valence-electron chi connectivity index (χ0n) is 19.1. The van der Waals surface area contributed by atoms with Gasteiger partial charge in [-0.05, 0) is 61.2 Å². The summed E-state index contributed by atoms with van der Waals surface area (Å²) in [5.74, 6) is 2.32. The molecule has 0 spiro atoms. The van der Waals surface area contributed by atoms with Crippen LogP contribution in [0.2, 0.25) is 0 Å². The molecule has 1 saturated heterocycles. The summed E-state index contributed by atoms with van der Waals surface area (Å²) in [5, 5.41) is 3.41. The lowest BCUT2D eigenvalue weighted by Crippen LogP contribution is -2.45. The predicted molar refractivity (Wildman–Crippen MR) is 132 cm³/mol. The van der Waals surface area contributed by atoms with E-state index in [1.54, 1.807) is 18.4 Å². The molecule has 2 fully saturated rings. The van der Waals surface area contributed by atoms with E-state index in [1.165, 1.54) is 23.1 Å². The molecule has 1 aliphatic carbocycles. The van der Waals surface area contributed by atoms with Gasteiger partial charge in [-0.15, -0.1) is 11.3 Å². The van der Waals surface area contributed by atoms with Crippen molar-refractivity contribution in [1.29, 1.82) is 0 Å². The second-order valence-electron chi connectivity index (χ2n) is 9.46. The van der Waals surface area contributed by atoms with E-state index in [1.807, 2.05) is 24.1 Å². The summed E-state index contributed by atoms with van der Waals surface area (Å²) in [6.07, 6.45) is 4.50. The molecule has 6 rings (SSSR count). The fraction of sp³-hybridized carbons (Fsp3) is 0.440. The topological polar surface area (TPSA) is 78.3 Å². The fourth-order valence-corrected chi connectivity index (χ4v) is 6.00. The largest absolute Gasteiger partial charge is 0.494 e. The zero-order chi connectivity index (χ0) is 22.7. The van der Waals surface area contributed by atoms with E-state index in [2.05, 4.69) is 26.6 Å². The summed E-state index contributed by atoms with van der Waals surface area (Å²) in [4.78, 5) is 21.4. The van der Waals surface area contributed by atoms with Crippen molar-refractivity contribution in [2.45, 2.75) is 38.3 Å². The summed E-state index contributed by atoms with van der Waals surface area (Å²) < 4.78 is 10.3. The lowest BCUT2D eigenvalue weighted by Gasteiger charge is -2.30. The molecule has 1 saturated carbocycles. The molecule has 2 N–H and O–H groups in total. The molecule has 0 bridgehead atoms. The molecule has 7 nitrogen and oxygen atoms in total. The molecule has 1 amide bonds. The Morgan fingerprint density at radius 2 is 2.12 bits per heavy atom. The van der Waals surface area contributed by atoms with Gasteiger partial charge in [0.15, 0.2) is 5.82 Å². The summed E-state index contributed by atoms with van der Waals surface area (Å²) >= 11 is 1.78. The molecule has 172 valence electrons. The Hall–Kier alpha value is -2.84. The molecule has 1 atom stereocenters. The molecule has 1 aromatic carbocycles. The van der Waals surface area contributed by atoms with Gasteiger partial charge in [0.2, 0.25) is 0 Å². The van der Waals surface area contributed by atoms with Crippen LogP contribution in [0, 0.1) is 5.92 Å². The Bertz CT molecular complexity index is 1360. The fourth-order valence-electron chi connectivity index (χ4n) is 5.10. The SMILES string of the molecule is COc1cc(C(=O)N2CCCC(N)C2)cc2nc(-c3cc4ccsc4n3CC3CC3)n(C)c12. The van der Waals surface area contributed by atoms with E-state index in [0.29, 0.717) is 17.9 Å². The van der Waals surface area contributed by atoms with Gasteiger partial charge in [-0.25, -0.2) is 4.98 Å². The minimum atomic E-state index is -0.00447. The van der Waals surface area contributed by atoms with Crippen LogP contribution in [-0.4, -0.2) is 51.2 Å². The molecule has 1 aliphatic heterocycles. The monoisotopic (exact) mass is 463 g/mol. The molecule has 33 heavy (non-hydrogen) atoms. The van der Waals surface area contributed by atoms with Gasteiger partial charge in [-0.3, -0.25) is 4.79 Å². The maximum atomic E-state index is 13.3. The molecular weight excluding hydrogens is 434 g/mol. The van der Waals surface area contributed by atoms with Crippen LogP contribution in [0.4, 0.5) is 0 Å². The Labute approximate surface area is 196 Å². The van der Waals surface area contributed by atoms with Crippen LogP contribution >= 0.6 is 11.3 Å². The van der Waals surface area contributed by atoms with Gasteiger partial charge >= 0.3 is 0 Å². The molecule has 3 aromatic heterocycles. The van der Waals surface area contributed by atoms with Crippen molar-refractivity contribution in [1.82, 2.24) is 19.0 Å². The van der Waals surface area contributed by atoms with Crippen LogP contribution in [0.15, 0.2) is 29.6 Å². The third-order valence-electron chi connectivity index (χ3n) is 7.02. The van der Waals surface area contributed by atoms with Gasteiger partial charge in [-0.2, -0.15) is 0 Å². The standard InChI is InChI=1S/C25H29N5O2S/c1-28-22-19(10-17(12-21(22)32-2)24(31)29-8-3-4-18(26)14-29)27-23(28)20-11-16-7-9-33-25(16)30(20)13-15-5-6-15/h7,9-12,15,18H,3-6,8,13-14,26H2,1-2H3. The number of ether oxygens (including phenoxy) is 1. The minimum Gasteiger partial charge on any atom is -0.494 e. The number of methoxy groups -OCH3 is 1. The van der Waals surface area contributed by atoms with Crippen LogP contribution in [-0.2, 0) is 13.6 Å². The van der Waals surface area contributed by atoms with E-state index in [0.717, 1.165) is 54.4 Å². The number of hydrogen-bond donors (Lipinski definition) is 1. The highest BCUT2D eigenvalue weighted by molar-refractivity contribution is 7.16. The van der Waals surface area contributed by atoms with Crippen LogP contribution in [0.5, 0.6) is 5.75 Å². The first-order chi connectivity index (χ1) is 16.0. The van der Waals surface area contributed by atoms with Gasteiger partial charge in [0.1, 0.15) is 16.1 Å². The number of amides is 1. The van der Waals surface area contributed by atoms with Gasteiger partial charge < -0.3 is 24.5 Å². The molecule has 2 aliphatic rings. The summed E-state index contributed by atoms with van der Waals surface area (Å²) in [6, 6.07) is 8.21. The smallest absolute Gasteiger partial charge is 0.254 e. The molecule has 1 unspecified atom stereocenters. The van der Waals surface area contributed by atoms with Crippen molar-refractivity contribution < 1.29 is 9.53 Å². The number of imidazole rings is 1. The second kappa shape index (κ2) is 7.88. The number of aromatic nitrogens is 3. The van der Waals surface area contributed by atoms with Gasteiger partial charge in [-0.1, -0.05) is 0 Å². The molecule has 4 aromatic rings. The first kappa shape index (κ1) is 20.7. The average molecular weight is 464 g/mol. The van der Waals surface area contributed by atoms with Crippen molar-refractivity contribution in [2.75, 3.05) is 20.2 Å². The van der Waals surface area contributed by atoms with Crippen molar-refractivity contribution in [3.05, 3.63) is 35.2 Å². The maximum absolute atomic E-state index is 13.3. The van der Waals surface area contributed by atoms with E-state index >= 15 is 0 Å². The third kappa shape index (κ3) is 3.52. The number of aryl methyl sites for hydroxylation is 1. The number of carbonyl (C=O) groups excluding carboxylic acids is 1. The third-order valence-corrected chi connectivity index (χ3v) is 7.97. The number of piperidine rings is 1. The second-order valence-corrected chi connectivity index (χ2v) is 10.4. The predicted octanol–water partition coefficient (Wildman–Crippen LogP) is 4.24. The molecule has 8 heteroatoms. The van der Waals surface area contributed by atoms with Crippen LogP contribution in [0.3, 0.4) is 0 Å². The Balaban J connectivity index is 1.46. The number of carbonyl (C=O) groups is 1. The number of fused-ring (bicyclic) bond motifs is 2. The highest BCUT2D eigenvalue weighted by Crippen LogP contribution is 2.39. The molecule has 4 heterocycles. The van der Waals surface area contributed by atoms with Gasteiger partial charge in [0.25, 0.3) is 5.91 Å². The van der Waals surface area contributed by atoms with E-state index in [9.17, 15) is 4.79 Å². The Morgan fingerprint density at radius 3 is 2.88 bits per heavy atom. The van der Waals surface area contributed by atoms with Gasteiger partial charge in [0, 0.05) is 43.7 Å². The molecular formula is C25H29N5O2S. The van der Waals surface area contributed by atoms with Crippen LogP contribution < -0.4 is 10.5 Å². The number of hydrogen-bond acceptors (Lipinski definition) is 5. The summed E-state index contributed by atoms with van der Waals surface area (Å²) in [5.41, 5.74) is 9.53. The first-order valence-electron chi connectivity index (χ1n) is 11.7. The van der Waals surface area contributed by atoms with E-state index in [4.69, 9.17) is 15.5 Å². The normalized spacial score (nSPS) is 19.0. The van der Waals surface area contributed by atoms with Crippen LogP contribution in [0.1, 0.15) is 36.0 Å². The number of benzene rings is 1. The first-order valence-corrected chi connectivity index (χ1v) is 12.6. The van der Waals surface area contributed by atoms with Crippen molar-refractivity contribution in [2.24, 2.45) is 18.7 Å². The number of nitrogens with two attached hydrogens (primary N) is 1. The summed E-state index contributed by atoms with van der Waals surface area (Å²) in [7, 11) is 3.68. The maximum Gasteiger partial charge on any atom is 0.254 e. The number of likely N-dealkylation sites (tertiary alicyclic amines) is 1. The van der Waals surface area contributed by atoms with Crippen molar-refractivity contribution in [3.63, 3.8) is 0 Å². The summed E-state index contributed by atoms with van der Waals surface area (Å²) in [6.45, 7) is 2.36. The number of thiophene rings is 1. The quantitative estimate of drug-likeness (QED) is 0.480. The van der Waals surface area contributed by atoms with E-state index < -0.39 is 0 Å². The van der Waals surface area contributed by atoms with Crippen LogP contribution in [0.25, 0.3) is 32.8 Å². The number of rotatable bonds is 5. The minimum absolute atomic E-state index is 0.00447.